The van der Waals surface area contributed by atoms with Crippen molar-refractivity contribution in [1.82, 2.24) is 15.2 Å². The van der Waals surface area contributed by atoms with Gasteiger partial charge < -0.3 is 5.73 Å². The number of anilines is 1. The van der Waals surface area contributed by atoms with Crippen LogP contribution in [0.3, 0.4) is 0 Å². The Morgan fingerprint density at radius 1 is 1.50 bits per heavy atom. The number of H-pyrrole nitrogens is 1. The molecule has 1 aromatic heterocycles. The zero-order valence-corrected chi connectivity index (χ0v) is 9.51. The van der Waals surface area contributed by atoms with Gasteiger partial charge in [-0.1, -0.05) is 17.8 Å². The molecule has 6 heteroatoms. The molecular weight excluding hydrogens is 227 g/mol. The molecule has 0 bridgehead atoms. The van der Waals surface area contributed by atoms with Crippen LogP contribution in [0.1, 0.15) is 11.1 Å². The Labute approximate surface area is 96.5 Å². The molecule has 0 unspecified atom stereocenters. The number of hydrogen-bond acceptors (Lipinski definition) is 4. The molecular formula is C10H11FN4S. The largest absolute Gasteiger partial charge is 0.368 e. The number of nitrogens with two attached hydrogens (primary N) is 1. The van der Waals surface area contributed by atoms with E-state index in [9.17, 15) is 4.39 Å². The van der Waals surface area contributed by atoms with Crippen LogP contribution in [0, 0.1) is 12.7 Å². The van der Waals surface area contributed by atoms with Gasteiger partial charge in [0.05, 0.1) is 0 Å². The molecule has 0 aliphatic carbocycles. The monoisotopic (exact) mass is 238 g/mol. The quantitative estimate of drug-likeness (QED) is 0.804. The SMILES string of the molecule is Cc1ccc(F)cc1CSc1n[nH]c(N)n1. The predicted octanol–water partition coefficient (Wildman–Crippen LogP) is 2.13. The average molecular weight is 238 g/mol. The molecule has 0 aliphatic heterocycles. The number of thioether (sulfide) groups is 1. The van der Waals surface area contributed by atoms with Crippen LogP contribution in [0.25, 0.3) is 0 Å². The second-order valence-electron chi connectivity index (χ2n) is 3.36. The lowest BCUT2D eigenvalue weighted by Crippen LogP contribution is -1.89. The zero-order chi connectivity index (χ0) is 11.5. The molecule has 0 spiro atoms. The number of aromatic nitrogens is 3. The Balaban J connectivity index is 2.07. The van der Waals surface area contributed by atoms with Gasteiger partial charge in [0.15, 0.2) is 0 Å². The molecule has 1 heterocycles. The van der Waals surface area contributed by atoms with Crippen LogP contribution < -0.4 is 5.73 Å². The maximum absolute atomic E-state index is 13.0. The second-order valence-corrected chi connectivity index (χ2v) is 4.31. The van der Waals surface area contributed by atoms with Crippen LogP contribution in [0.15, 0.2) is 23.4 Å². The summed E-state index contributed by atoms with van der Waals surface area (Å²) in [7, 11) is 0. The van der Waals surface area contributed by atoms with E-state index in [0.717, 1.165) is 11.1 Å². The van der Waals surface area contributed by atoms with E-state index >= 15 is 0 Å². The molecule has 0 fully saturated rings. The summed E-state index contributed by atoms with van der Waals surface area (Å²) in [6, 6.07) is 4.74. The van der Waals surface area contributed by atoms with Gasteiger partial charge in [0.2, 0.25) is 11.1 Å². The van der Waals surface area contributed by atoms with Gasteiger partial charge >= 0.3 is 0 Å². The van der Waals surface area contributed by atoms with Crippen LogP contribution in [0.4, 0.5) is 10.3 Å². The zero-order valence-electron chi connectivity index (χ0n) is 8.70. The number of aryl methyl sites for hydroxylation is 1. The number of aromatic amines is 1. The van der Waals surface area contributed by atoms with Gasteiger partial charge in [0.25, 0.3) is 0 Å². The normalized spacial score (nSPS) is 10.6. The molecule has 0 radical (unpaired) electrons. The molecule has 0 aliphatic rings. The highest BCUT2D eigenvalue weighted by Gasteiger charge is 2.04. The second kappa shape index (κ2) is 4.52. The van der Waals surface area contributed by atoms with Crippen LogP contribution in [0.2, 0.25) is 0 Å². The molecule has 0 amide bonds. The van der Waals surface area contributed by atoms with Crippen molar-refractivity contribution < 1.29 is 4.39 Å². The highest BCUT2D eigenvalue weighted by molar-refractivity contribution is 7.98. The Morgan fingerprint density at radius 2 is 2.31 bits per heavy atom. The standard InChI is InChI=1S/C10H11FN4S/c1-6-2-3-8(11)4-7(6)5-16-10-13-9(12)14-15-10/h2-4H,5H2,1H3,(H3,12,13,14,15). The lowest BCUT2D eigenvalue weighted by Gasteiger charge is -2.03. The van der Waals surface area contributed by atoms with Gasteiger partial charge in [-0.25, -0.2) is 9.49 Å². The number of nitrogens with zero attached hydrogens (tertiary/aromatic N) is 2. The van der Waals surface area contributed by atoms with E-state index in [4.69, 9.17) is 5.73 Å². The molecule has 1 aromatic carbocycles. The summed E-state index contributed by atoms with van der Waals surface area (Å²) >= 11 is 1.42. The minimum absolute atomic E-state index is 0.226. The summed E-state index contributed by atoms with van der Waals surface area (Å²) in [5.41, 5.74) is 7.39. The molecule has 84 valence electrons. The number of halogens is 1. The van der Waals surface area contributed by atoms with Gasteiger partial charge in [0.1, 0.15) is 5.82 Å². The topological polar surface area (TPSA) is 67.6 Å². The van der Waals surface area contributed by atoms with Crippen molar-refractivity contribution >= 4 is 17.7 Å². The van der Waals surface area contributed by atoms with Crippen LogP contribution >= 0.6 is 11.8 Å². The van der Waals surface area contributed by atoms with E-state index in [2.05, 4.69) is 15.2 Å². The summed E-state index contributed by atoms with van der Waals surface area (Å²) in [5.74, 6) is 0.690. The highest BCUT2D eigenvalue weighted by atomic mass is 32.2. The molecule has 4 nitrogen and oxygen atoms in total. The van der Waals surface area contributed by atoms with E-state index < -0.39 is 0 Å². The minimum Gasteiger partial charge on any atom is -0.368 e. The van der Waals surface area contributed by atoms with Crippen molar-refractivity contribution in [3.63, 3.8) is 0 Å². The first kappa shape index (κ1) is 10.9. The summed E-state index contributed by atoms with van der Waals surface area (Å²) in [6.45, 7) is 1.95. The molecule has 0 saturated carbocycles. The van der Waals surface area contributed by atoms with Crippen LogP contribution in [0.5, 0.6) is 0 Å². The fraction of sp³-hybridized carbons (Fsp3) is 0.200. The summed E-state index contributed by atoms with van der Waals surface area (Å²) in [5, 5.41) is 7.01. The lowest BCUT2D eigenvalue weighted by atomic mass is 10.1. The minimum atomic E-state index is -0.226. The Morgan fingerprint density at radius 3 is 3.00 bits per heavy atom. The van der Waals surface area contributed by atoms with Crippen molar-refractivity contribution in [1.29, 1.82) is 0 Å². The van der Waals surface area contributed by atoms with Gasteiger partial charge in [-0.3, -0.25) is 0 Å². The number of nitrogens with one attached hydrogen (secondary N) is 1. The van der Waals surface area contributed by atoms with Crippen molar-refractivity contribution in [3.05, 3.63) is 35.1 Å². The van der Waals surface area contributed by atoms with Crippen molar-refractivity contribution in [2.24, 2.45) is 0 Å². The van der Waals surface area contributed by atoms with Crippen molar-refractivity contribution in [2.45, 2.75) is 17.8 Å². The maximum atomic E-state index is 13.0. The Kier molecular flexibility index (Phi) is 3.09. The summed E-state index contributed by atoms with van der Waals surface area (Å²) < 4.78 is 13.0. The van der Waals surface area contributed by atoms with Crippen LogP contribution in [-0.2, 0) is 5.75 Å². The van der Waals surface area contributed by atoms with Gasteiger partial charge in [-0.2, -0.15) is 4.98 Å². The third kappa shape index (κ3) is 2.52. The van der Waals surface area contributed by atoms with Crippen LogP contribution in [-0.4, -0.2) is 15.2 Å². The Hall–Kier alpha value is -1.56. The molecule has 0 saturated heterocycles. The van der Waals surface area contributed by atoms with E-state index in [0.29, 0.717) is 16.9 Å². The Bertz CT molecular complexity index is 497. The third-order valence-corrected chi connectivity index (χ3v) is 3.05. The number of benzene rings is 1. The van der Waals surface area contributed by atoms with Crippen molar-refractivity contribution in [3.8, 4) is 0 Å². The molecule has 0 atom stereocenters. The number of rotatable bonds is 3. The summed E-state index contributed by atoms with van der Waals surface area (Å²) in [6.07, 6.45) is 0. The molecule has 2 aromatic rings. The first-order valence-electron chi connectivity index (χ1n) is 4.71. The van der Waals surface area contributed by atoms with Crippen molar-refractivity contribution in [2.75, 3.05) is 5.73 Å². The average Bonchev–Trinajstić information content (AvgIpc) is 2.66. The van der Waals surface area contributed by atoms with Gasteiger partial charge in [0, 0.05) is 5.75 Å². The molecule has 2 rings (SSSR count). The third-order valence-electron chi connectivity index (χ3n) is 2.15. The molecule has 16 heavy (non-hydrogen) atoms. The van der Waals surface area contributed by atoms with Gasteiger partial charge in [-0.15, -0.1) is 5.10 Å². The van der Waals surface area contributed by atoms with E-state index in [-0.39, 0.29) is 5.82 Å². The number of nitrogen functional groups attached to an aromatic ring is 1. The smallest absolute Gasteiger partial charge is 0.216 e. The van der Waals surface area contributed by atoms with Gasteiger partial charge in [-0.05, 0) is 30.2 Å². The van der Waals surface area contributed by atoms with E-state index in [1.807, 2.05) is 6.92 Å². The summed E-state index contributed by atoms with van der Waals surface area (Å²) in [4.78, 5) is 3.96. The van der Waals surface area contributed by atoms with E-state index in [1.54, 1.807) is 6.07 Å². The first-order chi connectivity index (χ1) is 7.65. The molecule has 3 N–H and O–H groups in total. The lowest BCUT2D eigenvalue weighted by molar-refractivity contribution is 0.626. The fourth-order valence-corrected chi connectivity index (χ4v) is 2.13. The predicted molar refractivity (Wildman–Crippen MR) is 61.5 cm³/mol. The number of hydrogen-bond donors (Lipinski definition) is 2. The first-order valence-corrected chi connectivity index (χ1v) is 5.69. The fourth-order valence-electron chi connectivity index (χ4n) is 1.26. The highest BCUT2D eigenvalue weighted by Crippen LogP contribution is 2.22. The maximum Gasteiger partial charge on any atom is 0.216 e. The van der Waals surface area contributed by atoms with E-state index in [1.165, 1.54) is 23.9 Å².